The van der Waals surface area contributed by atoms with Crippen LogP contribution in [0.4, 0.5) is 13.2 Å². The number of likely N-dealkylation sites (tertiary alicyclic amines) is 1. The lowest BCUT2D eigenvalue weighted by Crippen LogP contribution is -2.50. The van der Waals surface area contributed by atoms with Gasteiger partial charge in [-0.25, -0.2) is 4.79 Å². The van der Waals surface area contributed by atoms with E-state index in [0.717, 1.165) is 12.8 Å². The van der Waals surface area contributed by atoms with Crippen molar-refractivity contribution in [2.75, 3.05) is 13.1 Å². The highest BCUT2D eigenvalue weighted by atomic mass is 19.4. The van der Waals surface area contributed by atoms with Crippen LogP contribution in [0.3, 0.4) is 0 Å². The van der Waals surface area contributed by atoms with E-state index in [1.807, 2.05) is 19.9 Å². The van der Waals surface area contributed by atoms with Crippen molar-refractivity contribution in [2.24, 2.45) is 11.5 Å². The first-order valence-corrected chi connectivity index (χ1v) is 11.5. The van der Waals surface area contributed by atoms with E-state index in [9.17, 15) is 22.8 Å². The fourth-order valence-corrected chi connectivity index (χ4v) is 3.63. The van der Waals surface area contributed by atoms with Crippen LogP contribution in [0.1, 0.15) is 43.5 Å². The molecule has 38 heavy (non-hydrogen) atoms. The summed E-state index contributed by atoms with van der Waals surface area (Å²) in [7, 11) is 0. The summed E-state index contributed by atoms with van der Waals surface area (Å²) in [6.07, 6.45) is -2.34. The van der Waals surface area contributed by atoms with Gasteiger partial charge in [0.1, 0.15) is 17.6 Å². The topological polar surface area (TPSA) is 182 Å². The number of nitrogens with zero attached hydrogens (tertiary/aromatic N) is 3. The number of nitriles is 1. The Morgan fingerprint density at radius 3 is 2.50 bits per heavy atom. The third kappa shape index (κ3) is 8.20. The van der Waals surface area contributed by atoms with Crippen LogP contribution in [-0.4, -0.2) is 70.3 Å². The number of ether oxygens (including phenoxy) is 2. The third-order valence-electron chi connectivity index (χ3n) is 5.29. The number of halogens is 3. The number of rotatable bonds is 7. The predicted molar refractivity (Wildman–Crippen MR) is 128 cm³/mol. The molecule has 1 aromatic heterocycles. The number of carbonyl (C=O) groups excluding carboxylic acids is 2. The Morgan fingerprint density at radius 1 is 1.29 bits per heavy atom. The summed E-state index contributed by atoms with van der Waals surface area (Å²) in [5.74, 6) is -2.65. The van der Waals surface area contributed by atoms with E-state index in [2.05, 4.69) is 4.98 Å². The number of piperidine rings is 1. The molecule has 0 radical (unpaired) electrons. The van der Waals surface area contributed by atoms with E-state index in [1.54, 1.807) is 29.3 Å². The Bertz CT molecular complexity index is 1210. The van der Waals surface area contributed by atoms with Crippen LogP contribution in [0.15, 0.2) is 24.4 Å². The zero-order chi connectivity index (χ0) is 28.6. The first-order valence-electron chi connectivity index (χ1n) is 11.5. The van der Waals surface area contributed by atoms with Crippen LogP contribution >= 0.6 is 0 Å². The molecule has 2 aromatic rings. The largest absolute Gasteiger partial charge is 0.490 e. The molecule has 206 valence electrons. The summed E-state index contributed by atoms with van der Waals surface area (Å²) in [6, 6.07) is 6.16. The molecule has 1 fully saturated rings. The number of carbonyl (C=O) groups is 3. The number of hydrogen-bond acceptors (Lipinski definition) is 8. The molecule has 1 aliphatic heterocycles. The number of primary amides is 1. The summed E-state index contributed by atoms with van der Waals surface area (Å²) in [5, 5.41) is 16.6. The highest BCUT2D eigenvalue weighted by molar-refractivity contribution is 6.01. The maximum Gasteiger partial charge on any atom is 0.490 e. The van der Waals surface area contributed by atoms with Gasteiger partial charge in [0.05, 0.1) is 42.3 Å². The summed E-state index contributed by atoms with van der Waals surface area (Å²) in [4.78, 5) is 39.2. The Hall–Kier alpha value is -4.12. The fraction of sp³-hybridized carbons (Fsp3) is 0.458. The van der Waals surface area contributed by atoms with E-state index < -0.39 is 24.1 Å². The smallest absolute Gasteiger partial charge is 0.490 e. The number of carboxylic acid groups (broad SMARTS) is 1. The van der Waals surface area contributed by atoms with Crippen LogP contribution in [0.5, 0.6) is 11.5 Å². The van der Waals surface area contributed by atoms with E-state index in [-0.39, 0.29) is 30.1 Å². The van der Waals surface area contributed by atoms with E-state index >= 15 is 0 Å². The predicted octanol–water partition coefficient (Wildman–Crippen LogP) is 2.36. The molecule has 11 nitrogen and oxygen atoms in total. The summed E-state index contributed by atoms with van der Waals surface area (Å²) in [5.41, 5.74) is 12.1. The quantitative estimate of drug-likeness (QED) is 0.476. The van der Waals surface area contributed by atoms with E-state index in [0.29, 0.717) is 35.5 Å². The third-order valence-corrected chi connectivity index (χ3v) is 5.29. The number of hydrogen-bond donors (Lipinski definition) is 3. The number of nitrogens with two attached hydrogens (primary N) is 2. The molecular formula is C24H28F3N5O6. The molecule has 2 atom stereocenters. The first-order chi connectivity index (χ1) is 17.7. The van der Waals surface area contributed by atoms with Gasteiger partial charge in [0.25, 0.3) is 5.91 Å². The van der Waals surface area contributed by atoms with Crippen molar-refractivity contribution >= 4 is 28.7 Å². The Morgan fingerprint density at radius 2 is 1.95 bits per heavy atom. The molecule has 2 heterocycles. The van der Waals surface area contributed by atoms with Gasteiger partial charge in [0.15, 0.2) is 0 Å². The van der Waals surface area contributed by atoms with Gasteiger partial charge in [0, 0.05) is 18.1 Å². The second-order valence-electron chi connectivity index (χ2n) is 8.64. The lowest BCUT2D eigenvalue weighted by Gasteiger charge is -2.34. The van der Waals surface area contributed by atoms with Gasteiger partial charge in [-0.05, 0) is 44.9 Å². The van der Waals surface area contributed by atoms with Gasteiger partial charge in [0.2, 0.25) is 5.91 Å². The van der Waals surface area contributed by atoms with Gasteiger partial charge >= 0.3 is 12.1 Å². The number of aromatic nitrogens is 1. The Labute approximate surface area is 216 Å². The molecule has 14 heteroatoms. The van der Waals surface area contributed by atoms with Crippen LogP contribution in [-0.2, 0) is 9.59 Å². The highest BCUT2D eigenvalue weighted by Gasteiger charge is 2.38. The second kappa shape index (κ2) is 12.9. The highest BCUT2D eigenvalue weighted by Crippen LogP contribution is 2.33. The molecule has 1 aliphatic rings. The van der Waals surface area contributed by atoms with Gasteiger partial charge < -0.3 is 30.9 Å². The molecule has 1 saturated heterocycles. The lowest BCUT2D eigenvalue weighted by molar-refractivity contribution is -0.192. The van der Waals surface area contributed by atoms with Crippen LogP contribution < -0.4 is 20.9 Å². The minimum absolute atomic E-state index is 0.0172. The van der Waals surface area contributed by atoms with Crippen LogP contribution in [0, 0.1) is 11.3 Å². The molecule has 0 spiro atoms. The van der Waals surface area contributed by atoms with Gasteiger partial charge in [-0.3, -0.25) is 14.6 Å². The molecule has 0 saturated carbocycles. The summed E-state index contributed by atoms with van der Waals surface area (Å²) >= 11 is 0. The second-order valence-corrected chi connectivity index (χ2v) is 8.64. The number of alkyl halides is 3. The average molecular weight is 540 g/mol. The maximum atomic E-state index is 12.5. The Balaban J connectivity index is 0.000000638. The molecule has 2 amide bonds. The number of aliphatic carboxylic acids is 1. The lowest BCUT2D eigenvalue weighted by atomic mass is 10.1. The standard InChI is InChI=1S/C22H27N5O4.C2HF3O2/c1-13(2)30-20-11-15-18(10-16(20)21(25)28)26-8-6-19(15)31-14-4-3-9-27(12-14)22(29)17(24)5-7-23;3-2(4,5)1(6)7/h6,8,10-11,13-14,17H,3-5,9,12,24H2,1-2H3,(H2,25,28);(H,6,7)/t14-,17-;/m1./s1. The van der Waals surface area contributed by atoms with Crippen molar-refractivity contribution in [3.8, 4) is 17.6 Å². The van der Waals surface area contributed by atoms with Crippen molar-refractivity contribution in [3.63, 3.8) is 0 Å². The zero-order valence-corrected chi connectivity index (χ0v) is 20.7. The number of carboxylic acids is 1. The molecule has 0 bridgehead atoms. The van der Waals surface area contributed by atoms with Crippen molar-refractivity contribution in [1.29, 1.82) is 5.26 Å². The van der Waals surface area contributed by atoms with Crippen molar-refractivity contribution in [1.82, 2.24) is 9.88 Å². The fourth-order valence-electron chi connectivity index (χ4n) is 3.63. The van der Waals surface area contributed by atoms with Gasteiger partial charge in [-0.15, -0.1) is 0 Å². The molecular weight excluding hydrogens is 511 g/mol. The monoisotopic (exact) mass is 539 g/mol. The number of benzene rings is 1. The number of fused-ring (bicyclic) bond motifs is 1. The van der Waals surface area contributed by atoms with E-state index in [1.165, 1.54) is 0 Å². The molecule has 5 N–H and O–H groups in total. The minimum atomic E-state index is -5.08. The molecule has 0 aliphatic carbocycles. The Kier molecular flexibility index (Phi) is 10.2. The van der Waals surface area contributed by atoms with Crippen molar-refractivity contribution in [3.05, 3.63) is 30.0 Å². The minimum Gasteiger partial charge on any atom is -0.490 e. The van der Waals surface area contributed by atoms with Crippen LogP contribution in [0.2, 0.25) is 0 Å². The zero-order valence-electron chi connectivity index (χ0n) is 20.7. The van der Waals surface area contributed by atoms with Crippen molar-refractivity contribution < 1.29 is 42.1 Å². The summed E-state index contributed by atoms with van der Waals surface area (Å²) < 4.78 is 43.8. The normalized spacial score (nSPS) is 16.2. The van der Waals surface area contributed by atoms with Crippen LogP contribution in [0.25, 0.3) is 10.9 Å². The maximum absolute atomic E-state index is 12.5. The number of amides is 2. The first kappa shape index (κ1) is 30.1. The van der Waals surface area contributed by atoms with Crippen molar-refractivity contribution in [2.45, 2.75) is 57.5 Å². The van der Waals surface area contributed by atoms with Gasteiger partial charge in [-0.1, -0.05) is 0 Å². The molecule has 1 aromatic carbocycles. The number of pyridine rings is 1. The SMILES string of the molecule is CC(C)Oc1cc2c(O[C@@H]3CCCN(C(=O)[C@H](N)CC#N)C3)ccnc2cc1C(N)=O.O=C(O)C(F)(F)F. The molecule has 3 rings (SSSR count). The van der Waals surface area contributed by atoms with E-state index in [4.69, 9.17) is 36.1 Å². The van der Waals surface area contributed by atoms with Gasteiger partial charge in [-0.2, -0.15) is 18.4 Å². The molecule has 0 unspecified atom stereocenters. The summed E-state index contributed by atoms with van der Waals surface area (Å²) in [6.45, 7) is 4.69. The average Bonchev–Trinajstić information content (AvgIpc) is 2.83.